The molecular formula is C15H13F2NO5S. The molecule has 0 spiro atoms. The summed E-state index contributed by atoms with van der Waals surface area (Å²) in [5, 5.41) is 0. The molecule has 0 saturated carbocycles. The summed E-state index contributed by atoms with van der Waals surface area (Å²) in [4.78, 5) is 10.9. The maximum atomic E-state index is 13.2. The Bertz CT molecular complexity index is 935. The van der Waals surface area contributed by atoms with Crippen LogP contribution in [0.1, 0.15) is 5.76 Å². The van der Waals surface area contributed by atoms with Gasteiger partial charge in [-0.25, -0.2) is 22.0 Å². The lowest BCUT2D eigenvalue weighted by molar-refractivity contribution is 0.0754. The molecule has 0 bridgehead atoms. The molecule has 2 aromatic rings. The summed E-state index contributed by atoms with van der Waals surface area (Å²) in [6.45, 7) is 1.68. The minimum absolute atomic E-state index is 0.0423. The summed E-state index contributed by atoms with van der Waals surface area (Å²) in [5.74, 6) is -1.67. The maximum Gasteiger partial charge on any atom is 0.339 e. The van der Waals surface area contributed by atoms with Gasteiger partial charge in [-0.2, -0.15) is 4.31 Å². The molecule has 2 heterocycles. The molecule has 128 valence electrons. The fourth-order valence-electron chi connectivity index (χ4n) is 2.29. The Balaban J connectivity index is 1.69. The fraction of sp³-hybridized carbons (Fsp3) is 0.267. The smallest absolute Gasteiger partial charge is 0.339 e. The topological polar surface area (TPSA) is 76.8 Å². The second-order valence-corrected chi connectivity index (χ2v) is 7.30. The van der Waals surface area contributed by atoms with Gasteiger partial charge in [0, 0.05) is 6.07 Å². The van der Waals surface area contributed by atoms with Gasteiger partial charge in [0.25, 0.3) is 0 Å². The highest BCUT2D eigenvalue weighted by Gasteiger charge is 2.38. The van der Waals surface area contributed by atoms with Crippen molar-refractivity contribution < 1.29 is 26.4 Å². The molecule has 1 aliphatic rings. The number of nitrogens with zero attached hydrogens (tertiary/aromatic N) is 1. The molecule has 6 nitrogen and oxygen atoms in total. The molecule has 0 aliphatic carbocycles. The standard InChI is InChI=1S/C15H13F2NO5S/c1-9-4-10(5-15(19)22-9)23-11-7-18(8-11)24(20,21)12-2-3-13(16)14(17)6-12/h2-6,11H,7-8H2,1H3. The van der Waals surface area contributed by atoms with Crippen molar-refractivity contribution in [2.24, 2.45) is 0 Å². The largest absolute Gasteiger partial charge is 0.487 e. The van der Waals surface area contributed by atoms with Gasteiger partial charge in [0.15, 0.2) is 11.6 Å². The van der Waals surface area contributed by atoms with Gasteiger partial charge in [-0.05, 0) is 25.1 Å². The van der Waals surface area contributed by atoms with Gasteiger partial charge >= 0.3 is 5.63 Å². The lowest BCUT2D eigenvalue weighted by Crippen LogP contribution is -2.56. The molecule has 1 aliphatic heterocycles. The maximum absolute atomic E-state index is 13.2. The summed E-state index contributed by atoms with van der Waals surface area (Å²) in [5.41, 5.74) is -0.560. The van der Waals surface area contributed by atoms with E-state index in [0.29, 0.717) is 17.6 Å². The fourth-order valence-corrected chi connectivity index (χ4v) is 3.81. The van der Waals surface area contributed by atoms with E-state index < -0.39 is 33.4 Å². The first-order valence-electron chi connectivity index (χ1n) is 6.99. The molecular weight excluding hydrogens is 344 g/mol. The highest BCUT2D eigenvalue weighted by Crippen LogP contribution is 2.25. The predicted molar refractivity (Wildman–Crippen MR) is 79.2 cm³/mol. The van der Waals surface area contributed by atoms with Crippen LogP contribution in [0.15, 0.2) is 44.4 Å². The van der Waals surface area contributed by atoms with Crippen molar-refractivity contribution in [1.29, 1.82) is 0 Å². The zero-order valence-corrected chi connectivity index (χ0v) is 13.3. The Labute approximate surface area is 136 Å². The van der Waals surface area contributed by atoms with Crippen LogP contribution in [0.5, 0.6) is 5.75 Å². The van der Waals surface area contributed by atoms with Crippen LogP contribution in [-0.4, -0.2) is 31.9 Å². The number of benzene rings is 1. The second-order valence-electron chi connectivity index (χ2n) is 5.36. The third-order valence-electron chi connectivity index (χ3n) is 3.51. The Hall–Kier alpha value is -2.26. The molecule has 1 aromatic carbocycles. The van der Waals surface area contributed by atoms with Gasteiger partial charge in [0.2, 0.25) is 10.0 Å². The van der Waals surface area contributed by atoms with E-state index in [1.807, 2.05) is 0 Å². The van der Waals surface area contributed by atoms with Crippen LogP contribution in [0.2, 0.25) is 0 Å². The highest BCUT2D eigenvalue weighted by molar-refractivity contribution is 7.89. The van der Waals surface area contributed by atoms with Crippen molar-refractivity contribution >= 4 is 10.0 Å². The van der Waals surface area contributed by atoms with E-state index in [-0.39, 0.29) is 18.0 Å². The third kappa shape index (κ3) is 3.17. The number of hydrogen-bond acceptors (Lipinski definition) is 5. The molecule has 9 heteroatoms. The van der Waals surface area contributed by atoms with Crippen molar-refractivity contribution in [3.8, 4) is 5.75 Å². The number of aryl methyl sites for hydroxylation is 1. The molecule has 0 amide bonds. The first kappa shape index (κ1) is 16.6. The summed E-state index contributed by atoms with van der Waals surface area (Å²) in [7, 11) is -3.92. The molecule has 1 saturated heterocycles. The van der Waals surface area contributed by atoms with Gasteiger partial charge in [0.05, 0.1) is 24.1 Å². The van der Waals surface area contributed by atoms with Crippen molar-refractivity contribution in [2.45, 2.75) is 17.9 Å². The van der Waals surface area contributed by atoms with Gasteiger partial charge < -0.3 is 9.15 Å². The zero-order valence-electron chi connectivity index (χ0n) is 12.5. The zero-order chi connectivity index (χ0) is 17.5. The van der Waals surface area contributed by atoms with Crippen LogP contribution in [0.3, 0.4) is 0 Å². The number of hydrogen-bond donors (Lipinski definition) is 0. The van der Waals surface area contributed by atoms with E-state index in [0.717, 1.165) is 16.4 Å². The first-order chi connectivity index (χ1) is 11.3. The van der Waals surface area contributed by atoms with Gasteiger partial charge in [-0.3, -0.25) is 0 Å². The number of rotatable bonds is 4. The Morgan fingerprint density at radius 2 is 1.88 bits per heavy atom. The molecule has 0 unspecified atom stereocenters. The molecule has 1 aromatic heterocycles. The van der Waals surface area contributed by atoms with E-state index >= 15 is 0 Å². The van der Waals surface area contributed by atoms with E-state index in [1.54, 1.807) is 6.92 Å². The molecule has 0 atom stereocenters. The molecule has 3 rings (SSSR count). The number of sulfonamides is 1. The Kier molecular flexibility index (Phi) is 4.14. The quantitative estimate of drug-likeness (QED) is 0.832. The van der Waals surface area contributed by atoms with Gasteiger partial charge in [-0.1, -0.05) is 0 Å². The van der Waals surface area contributed by atoms with Crippen LogP contribution >= 0.6 is 0 Å². The van der Waals surface area contributed by atoms with Crippen molar-refractivity contribution in [3.63, 3.8) is 0 Å². The minimum Gasteiger partial charge on any atom is -0.487 e. The van der Waals surface area contributed by atoms with E-state index in [1.165, 1.54) is 12.1 Å². The van der Waals surface area contributed by atoms with E-state index in [2.05, 4.69) is 0 Å². The second kappa shape index (κ2) is 5.99. The Morgan fingerprint density at radius 3 is 2.50 bits per heavy atom. The third-order valence-corrected chi connectivity index (χ3v) is 5.34. The normalized spacial score (nSPS) is 16.0. The van der Waals surface area contributed by atoms with Crippen molar-refractivity contribution in [2.75, 3.05) is 13.1 Å². The van der Waals surface area contributed by atoms with Crippen molar-refractivity contribution in [1.82, 2.24) is 4.31 Å². The summed E-state index contributed by atoms with van der Waals surface area (Å²) >= 11 is 0. The first-order valence-corrected chi connectivity index (χ1v) is 8.43. The summed E-state index contributed by atoms with van der Waals surface area (Å²) < 4.78 is 62.1. The Morgan fingerprint density at radius 1 is 1.17 bits per heavy atom. The molecule has 0 N–H and O–H groups in total. The van der Waals surface area contributed by atoms with Crippen LogP contribution in [0.25, 0.3) is 0 Å². The average Bonchev–Trinajstić information content (AvgIpc) is 2.44. The van der Waals surface area contributed by atoms with Crippen LogP contribution in [0, 0.1) is 18.6 Å². The summed E-state index contributed by atoms with van der Waals surface area (Å²) in [6.07, 6.45) is -0.439. The minimum atomic E-state index is -3.92. The molecule has 1 fully saturated rings. The molecule has 24 heavy (non-hydrogen) atoms. The van der Waals surface area contributed by atoms with E-state index in [9.17, 15) is 22.0 Å². The lowest BCUT2D eigenvalue weighted by atomic mass is 10.2. The number of ether oxygens (including phenoxy) is 1. The van der Waals surface area contributed by atoms with Gasteiger partial charge in [0.1, 0.15) is 17.6 Å². The van der Waals surface area contributed by atoms with E-state index in [4.69, 9.17) is 9.15 Å². The number of halogens is 2. The van der Waals surface area contributed by atoms with Gasteiger partial charge in [-0.15, -0.1) is 0 Å². The summed E-state index contributed by atoms with van der Waals surface area (Å²) in [6, 6.07) is 5.10. The predicted octanol–water partition coefficient (Wildman–Crippen LogP) is 1.68. The molecule has 0 radical (unpaired) electrons. The SMILES string of the molecule is Cc1cc(OC2CN(S(=O)(=O)c3ccc(F)c(F)c3)C2)cc(=O)o1. The van der Waals surface area contributed by atoms with Crippen molar-refractivity contribution in [3.05, 3.63) is 58.1 Å². The van der Waals surface area contributed by atoms with Crippen LogP contribution in [0.4, 0.5) is 8.78 Å². The lowest BCUT2D eigenvalue weighted by Gasteiger charge is -2.37. The monoisotopic (exact) mass is 357 g/mol. The van der Waals surface area contributed by atoms with Crippen LogP contribution < -0.4 is 10.4 Å². The van der Waals surface area contributed by atoms with Crippen LogP contribution in [-0.2, 0) is 10.0 Å². The average molecular weight is 357 g/mol. The highest BCUT2D eigenvalue weighted by atomic mass is 32.2.